The van der Waals surface area contributed by atoms with Crippen LogP contribution < -0.4 is 10.9 Å². The van der Waals surface area contributed by atoms with Gasteiger partial charge in [0, 0.05) is 19.7 Å². The average molecular weight is 285 g/mol. The van der Waals surface area contributed by atoms with E-state index in [0.717, 1.165) is 4.68 Å². The third-order valence-electron chi connectivity index (χ3n) is 3.07. The smallest absolute Gasteiger partial charge is 0.271 e. The second-order valence-corrected chi connectivity index (χ2v) is 6.89. The molecular weight excluding hydrogens is 270 g/mol. The third kappa shape index (κ3) is 3.40. The van der Waals surface area contributed by atoms with E-state index >= 15 is 0 Å². The molecule has 7 nitrogen and oxygen atoms in total. The molecule has 1 fully saturated rings. The molecule has 1 amide bonds. The van der Waals surface area contributed by atoms with Gasteiger partial charge in [0.25, 0.3) is 11.5 Å². The van der Waals surface area contributed by atoms with Crippen LogP contribution in [0.5, 0.6) is 0 Å². The number of carbonyl (C=O) groups excluding carboxylic acids is 1. The second-order valence-electron chi connectivity index (χ2n) is 4.66. The molecule has 0 aromatic carbocycles. The van der Waals surface area contributed by atoms with Crippen LogP contribution >= 0.6 is 0 Å². The molecule has 0 spiro atoms. The van der Waals surface area contributed by atoms with Crippen molar-refractivity contribution in [2.45, 2.75) is 6.42 Å². The molecule has 8 heteroatoms. The SMILES string of the molecule is Cn1nc(C(=O)NCC2CCS(=O)(=O)C2)ccc1=O. The van der Waals surface area contributed by atoms with Crippen molar-refractivity contribution < 1.29 is 13.2 Å². The number of hydrogen-bond donors (Lipinski definition) is 1. The highest BCUT2D eigenvalue weighted by Gasteiger charge is 2.28. The van der Waals surface area contributed by atoms with Gasteiger partial charge in [-0.25, -0.2) is 13.1 Å². The largest absolute Gasteiger partial charge is 0.350 e. The maximum absolute atomic E-state index is 11.8. The molecule has 1 unspecified atom stereocenters. The van der Waals surface area contributed by atoms with Crippen molar-refractivity contribution >= 4 is 15.7 Å². The van der Waals surface area contributed by atoms with E-state index in [1.54, 1.807) is 0 Å². The fourth-order valence-corrected chi connectivity index (χ4v) is 3.85. The van der Waals surface area contributed by atoms with Gasteiger partial charge in [0.1, 0.15) is 5.69 Å². The Labute approximate surface area is 110 Å². The number of carbonyl (C=O) groups is 1. The minimum absolute atomic E-state index is 0.0403. The van der Waals surface area contributed by atoms with Gasteiger partial charge in [-0.2, -0.15) is 5.10 Å². The summed E-state index contributed by atoms with van der Waals surface area (Å²) in [5, 5.41) is 6.46. The topological polar surface area (TPSA) is 98.1 Å². The summed E-state index contributed by atoms with van der Waals surface area (Å²) in [6, 6.07) is 2.62. The van der Waals surface area contributed by atoms with Gasteiger partial charge in [-0.15, -0.1) is 0 Å². The molecule has 0 aliphatic carbocycles. The summed E-state index contributed by atoms with van der Waals surface area (Å²) in [4.78, 5) is 22.9. The van der Waals surface area contributed by atoms with E-state index in [1.807, 2.05) is 0 Å². The van der Waals surface area contributed by atoms with Crippen LogP contribution in [0.1, 0.15) is 16.9 Å². The van der Waals surface area contributed by atoms with Crippen molar-refractivity contribution in [3.05, 3.63) is 28.2 Å². The Bertz CT molecular complexity index is 650. The molecule has 0 bridgehead atoms. The number of nitrogens with zero attached hydrogens (tertiary/aromatic N) is 2. The van der Waals surface area contributed by atoms with Crippen LogP contribution in [0.4, 0.5) is 0 Å². The summed E-state index contributed by atoms with van der Waals surface area (Å²) in [5.74, 6) is -0.138. The fraction of sp³-hybridized carbons (Fsp3) is 0.545. The standard InChI is InChI=1S/C11H15N3O4S/c1-14-10(15)3-2-9(13-14)11(16)12-6-8-4-5-19(17,18)7-8/h2-3,8H,4-7H2,1H3,(H,12,16). The average Bonchev–Trinajstić information content (AvgIpc) is 2.69. The molecule has 1 aliphatic heterocycles. The fourth-order valence-electron chi connectivity index (χ4n) is 1.98. The van der Waals surface area contributed by atoms with Gasteiger partial charge < -0.3 is 5.32 Å². The molecule has 104 valence electrons. The summed E-state index contributed by atoms with van der Waals surface area (Å²) < 4.78 is 23.6. The van der Waals surface area contributed by atoms with Gasteiger partial charge >= 0.3 is 0 Å². The lowest BCUT2D eigenvalue weighted by atomic mass is 10.1. The predicted molar refractivity (Wildman–Crippen MR) is 68.6 cm³/mol. The summed E-state index contributed by atoms with van der Waals surface area (Å²) >= 11 is 0. The van der Waals surface area contributed by atoms with Crippen molar-refractivity contribution in [3.63, 3.8) is 0 Å². The number of nitrogens with one attached hydrogen (secondary N) is 1. The van der Waals surface area contributed by atoms with Gasteiger partial charge in [0.05, 0.1) is 11.5 Å². The van der Waals surface area contributed by atoms with Gasteiger partial charge in [-0.05, 0) is 18.4 Å². The summed E-state index contributed by atoms with van der Waals surface area (Å²) in [5.41, 5.74) is -0.151. The quantitative estimate of drug-likeness (QED) is 0.763. The molecule has 0 radical (unpaired) electrons. The van der Waals surface area contributed by atoms with Crippen LogP contribution in [0.25, 0.3) is 0 Å². The van der Waals surface area contributed by atoms with Gasteiger partial charge in [-0.1, -0.05) is 0 Å². The van der Waals surface area contributed by atoms with Crippen LogP contribution in [0.3, 0.4) is 0 Å². The molecule has 1 saturated heterocycles. The summed E-state index contributed by atoms with van der Waals surface area (Å²) in [7, 11) is -1.47. The third-order valence-corrected chi connectivity index (χ3v) is 4.91. The Morgan fingerprint density at radius 1 is 1.53 bits per heavy atom. The van der Waals surface area contributed by atoms with Crippen LogP contribution in [-0.2, 0) is 16.9 Å². The zero-order valence-electron chi connectivity index (χ0n) is 10.5. The van der Waals surface area contributed by atoms with Crippen LogP contribution in [0.15, 0.2) is 16.9 Å². The molecule has 2 rings (SSSR count). The second kappa shape index (κ2) is 5.12. The van der Waals surface area contributed by atoms with Crippen molar-refractivity contribution in [2.75, 3.05) is 18.1 Å². The Kier molecular flexibility index (Phi) is 3.70. The monoisotopic (exact) mass is 285 g/mol. The number of amides is 1. The Hall–Kier alpha value is -1.70. The first-order valence-corrected chi connectivity index (χ1v) is 7.72. The molecule has 1 aliphatic rings. The van der Waals surface area contributed by atoms with Gasteiger partial charge in [0.15, 0.2) is 9.84 Å². The van der Waals surface area contributed by atoms with Gasteiger partial charge in [-0.3, -0.25) is 9.59 Å². The van der Waals surface area contributed by atoms with Crippen molar-refractivity contribution in [3.8, 4) is 0 Å². The first kappa shape index (κ1) is 13.7. The van der Waals surface area contributed by atoms with Crippen LogP contribution in [0.2, 0.25) is 0 Å². The molecule has 1 atom stereocenters. The minimum atomic E-state index is -2.93. The Morgan fingerprint density at radius 3 is 2.84 bits per heavy atom. The molecule has 1 N–H and O–H groups in total. The van der Waals surface area contributed by atoms with Crippen LogP contribution in [0, 0.1) is 5.92 Å². The number of sulfone groups is 1. The van der Waals surface area contributed by atoms with Crippen LogP contribution in [-0.4, -0.2) is 42.2 Å². The van der Waals surface area contributed by atoms with E-state index in [0.29, 0.717) is 13.0 Å². The first-order chi connectivity index (χ1) is 8.87. The number of aryl methyl sites for hydroxylation is 1. The lowest BCUT2D eigenvalue weighted by Crippen LogP contribution is -2.32. The molecule has 2 heterocycles. The van der Waals surface area contributed by atoms with Crippen molar-refractivity contribution in [2.24, 2.45) is 13.0 Å². The van der Waals surface area contributed by atoms with E-state index in [4.69, 9.17) is 0 Å². The normalized spacial score (nSPS) is 21.2. The Balaban J connectivity index is 1.95. The molecular formula is C11H15N3O4S. The highest BCUT2D eigenvalue weighted by Crippen LogP contribution is 2.17. The predicted octanol–water partition coefficient (Wildman–Crippen LogP) is -1.06. The minimum Gasteiger partial charge on any atom is -0.350 e. The number of rotatable bonds is 3. The van der Waals surface area contributed by atoms with E-state index in [9.17, 15) is 18.0 Å². The number of aromatic nitrogens is 2. The summed E-state index contributed by atoms with van der Waals surface area (Å²) in [6.07, 6.45) is 0.573. The number of hydrogen-bond acceptors (Lipinski definition) is 5. The molecule has 19 heavy (non-hydrogen) atoms. The molecule has 1 aromatic heterocycles. The maximum Gasteiger partial charge on any atom is 0.271 e. The maximum atomic E-state index is 11.8. The van der Waals surface area contributed by atoms with E-state index in [-0.39, 0.29) is 28.7 Å². The molecule has 0 saturated carbocycles. The van der Waals surface area contributed by atoms with E-state index in [2.05, 4.69) is 10.4 Å². The molecule has 1 aromatic rings. The lowest BCUT2D eigenvalue weighted by Gasteiger charge is -2.09. The van der Waals surface area contributed by atoms with E-state index < -0.39 is 15.7 Å². The van der Waals surface area contributed by atoms with E-state index in [1.165, 1.54) is 19.2 Å². The van der Waals surface area contributed by atoms with Crippen molar-refractivity contribution in [1.29, 1.82) is 0 Å². The lowest BCUT2D eigenvalue weighted by molar-refractivity contribution is 0.0941. The highest BCUT2D eigenvalue weighted by atomic mass is 32.2. The van der Waals surface area contributed by atoms with Gasteiger partial charge in [0.2, 0.25) is 0 Å². The zero-order chi connectivity index (χ0) is 14.0. The highest BCUT2D eigenvalue weighted by molar-refractivity contribution is 7.91. The van der Waals surface area contributed by atoms with Crippen molar-refractivity contribution in [1.82, 2.24) is 15.1 Å². The Morgan fingerprint density at radius 2 is 2.26 bits per heavy atom. The first-order valence-electron chi connectivity index (χ1n) is 5.90. The summed E-state index contributed by atoms with van der Waals surface area (Å²) in [6.45, 7) is 0.308. The zero-order valence-corrected chi connectivity index (χ0v) is 11.3.